The molecule has 0 unspecified atom stereocenters. The summed E-state index contributed by atoms with van der Waals surface area (Å²) in [5.41, 5.74) is 0. The maximum atomic E-state index is 5.71. The quantitative estimate of drug-likeness (QED) is 0.642. The lowest BCUT2D eigenvalue weighted by molar-refractivity contribution is 0.434. The van der Waals surface area contributed by atoms with Crippen molar-refractivity contribution in [2.45, 2.75) is 0 Å². The van der Waals surface area contributed by atoms with E-state index >= 15 is 0 Å². The first-order valence-electron chi connectivity index (χ1n) is 5.16. The molecule has 0 spiro atoms. The first-order valence-corrected chi connectivity index (χ1v) is 8.35. The molecule has 0 heterocycles. The average Bonchev–Trinajstić information content (AvgIpc) is 2.40. The zero-order valence-electron chi connectivity index (χ0n) is 9.13. The molecule has 0 aromatic heterocycles. The van der Waals surface area contributed by atoms with Gasteiger partial charge in [-0.3, -0.25) is 0 Å². The molecule has 0 radical (unpaired) electrons. The Labute approximate surface area is 102 Å². The topological polar surface area (TPSA) is 9.23 Å². The summed E-state index contributed by atoms with van der Waals surface area (Å²) < 4.78 is 5.71. The van der Waals surface area contributed by atoms with Crippen molar-refractivity contribution in [3.05, 3.63) is 60.7 Å². The summed E-state index contributed by atoms with van der Waals surface area (Å²) in [6.45, 7) is 0. The van der Waals surface area contributed by atoms with E-state index in [1.807, 2.05) is 36.4 Å². The first kappa shape index (κ1) is 11.5. The summed E-state index contributed by atoms with van der Waals surface area (Å²) >= 11 is 4.81. The average molecular weight is 246 g/mol. The van der Waals surface area contributed by atoms with Gasteiger partial charge in [-0.2, -0.15) is 12.1 Å². The number of hydrogen-bond donors (Lipinski definition) is 1. The smallest absolute Gasteiger partial charge is 0.316 e. The van der Waals surface area contributed by atoms with Crippen LogP contribution in [0.4, 0.5) is 0 Å². The van der Waals surface area contributed by atoms with Crippen LogP contribution in [0.2, 0.25) is 0 Å². The summed E-state index contributed by atoms with van der Waals surface area (Å²) in [6.07, 6.45) is 0. The highest BCUT2D eigenvalue weighted by atomic mass is 32.3. The van der Waals surface area contributed by atoms with Crippen molar-refractivity contribution < 1.29 is 4.43 Å². The third-order valence-electron chi connectivity index (χ3n) is 2.63. The van der Waals surface area contributed by atoms with Crippen molar-refractivity contribution in [1.29, 1.82) is 0 Å². The van der Waals surface area contributed by atoms with Gasteiger partial charge in [0.2, 0.25) is 0 Å². The van der Waals surface area contributed by atoms with Crippen molar-refractivity contribution in [3.63, 3.8) is 0 Å². The SMILES string of the molecule is CO[Si](S)(c1ccccc1)c1ccccc1. The number of rotatable bonds is 3. The van der Waals surface area contributed by atoms with E-state index in [-0.39, 0.29) is 0 Å². The largest absolute Gasteiger partial charge is 0.404 e. The Bertz CT molecular complexity index is 405. The summed E-state index contributed by atoms with van der Waals surface area (Å²) in [7, 11) is -0.546. The first-order chi connectivity index (χ1) is 7.77. The molecule has 16 heavy (non-hydrogen) atoms. The van der Waals surface area contributed by atoms with Crippen LogP contribution in [-0.4, -0.2) is 14.6 Å². The Morgan fingerprint density at radius 1 is 0.812 bits per heavy atom. The molecule has 0 bridgehead atoms. The van der Waals surface area contributed by atoms with E-state index in [0.29, 0.717) is 0 Å². The van der Waals surface area contributed by atoms with Crippen LogP contribution in [0.25, 0.3) is 0 Å². The van der Waals surface area contributed by atoms with Crippen molar-refractivity contribution in [2.24, 2.45) is 0 Å². The zero-order chi connectivity index (χ0) is 11.4. The fourth-order valence-corrected chi connectivity index (χ4v) is 4.72. The predicted octanol–water partition coefficient (Wildman–Crippen LogP) is 1.82. The molecule has 2 aromatic rings. The van der Waals surface area contributed by atoms with Gasteiger partial charge >= 0.3 is 7.47 Å². The van der Waals surface area contributed by atoms with Crippen molar-refractivity contribution in [1.82, 2.24) is 0 Å². The van der Waals surface area contributed by atoms with E-state index in [1.165, 1.54) is 10.4 Å². The zero-order valence-corrected chi connectivity index (χ0v) is 11.0. The second-order valence-corrected chi connectivity index (χ2v) is 8.32. The van der Waals surface area contributed by atoms with Gasteiger partial charge in [-0.1, -0.05) is 60.7 Å². The van der Waals surface area contributed by atoms with Gasteiger partial charge in [-0.25, -0.2) is 0 Å². The fourth-order valence-electron chi connectivity index (χ4n) is 1.73. The molecule has 0 N–H and O–H groups in total. The minimum absolute atomic E-state index is 1.17. The van der Waals surface area contributed by atoms with Gasteiger partial charge in [0, 0.05) is 7.11 Å². The van der Waals surface area contributed by atoms with Crippen LogP contribution in [-0.2, 0) is 4.43 Å². The summed E-state index contributed by atoms with van der Waals surface area (Å²) in [5, 5.41) is 2.35. The van der Waals surface area contributed by atoms with Gasteiger partial charge in [-0.15, -0.1) is 0 Å². The molecule has 0 fully saturated rings. The van der Waals surface area contributed by atoms with Gasteiger partial charge < -0.3 is 4.43 Å². The van der Waals surface area contributed by atoms with Gasteiger partial charge in [0.1, 0.15) is 0 Å². The van der Waals surface area contributed by atoms with Crippen LogP contribution in [0.1, 0.15) is 0 Å². The van der Waals surface area contributed by atoms with Crippen molar-refractivity contribution in [2.75, 3.05) is 7.11 Å². The van der Waals surface area contributed by atoms with Gasteiger partial charge in [-0.05, 0) is 10.4 Å². The molecule has 0 saturated heterocycles. The van der Waals surface area contributed by atoms with Gasteiger partial charge in [0.25, 0.3) is 0 Å². The maximum Gasteiger partial charge on any atom is 0.316 e. The Kier molecular flexibility index (Phi) is 3.48. The Balaban J connectivity index is 2.49. The molecular formula is C13H14OSSi. The lowest BCUT2D eigenvalue weighted by atomic mass is 10.4. The molecule has 82 valence electrons. The third-order valence-corrected chi connectivity index (χ3v) is 7.55. The highest BCUT2D eigenvalue weighted by Crippen LogP contribution is 2.10. The van der Waals surface area contributed by atoms with E-state index in [0.717, 1.165) is 0 Å². The number of benzene rings is 2. The molecule has 2 rings (SSSR count). The van der Waals surface area contributed by atoms with E-state index in [1.54, 1.807) is 7.11 Å². The molecular weight excluding hydrogens is 232 g/mol. The maximum absolute atomic E-state index is 5.71. The molecule has 0 aliphatic heterocycles. The summed E-state index contributed by atoms with van der Waals surface area (Å²) in [4.78, 5) is 0. The minimum Gasteiger partial charge on any atom is -0.404 e. The normalized spacial score (nSPS) is 11.4. The van der Waals surface area contributed by atoms with Crippen molar-refractivity contribution >= 4 is 29.9 Å². The third kappa shape index (κ3) is 2.07. The second-order valence-electron chi connectivity index (χ2n) is 3.58. The Hall–Kier alpha value is -1.03. The van der Waals surface area contributed by atoms with Gasteiger partial charge in [0.05, 0.1) is 0 Å². The molecule has 3 heteroatoms. The summed E-state index contributed by atoms with van der Waals surface area (Å²) in [5.74, 6) is 0. The lowest BCUT2D eigenvalue weighted by Gasteiger charge is -2.24. The van der Waals surface area contributed by atoms with Crippen LogP contribution in [0.3, 0.4) is 0 Å². The fraction of sp³-hybridized carbons (Fsp3) is 0.0769. The molecule has 0 amide bonds. The van der Waals surface area contributed by atoms with Crippen LogP contribution < -0.4 is 10.4 Å². The van der Waals surface area contributed by atoms with Crippen LogP contribution >= 0.6 is 12.1 Å². The van der Waals surface area contributed by atoms with E-state index < -0.39 is 7.47 Å². The minimum atomic E-state index is -2.28. The molecule has 1 nitrogen and oxygen atoms in total. The Morgan fingerprint density at radius 2 is 1.19 bits per heavy atom. The van der Waals surface area contributed by atoms with Gasteiger partial charge in [0.15, 0.2) is 0 Å². The highest BCUT2D eigenvalue weighted by Gasteiger charge is 2.34. The molecule has 0 atom stereocenters. The van der Waals surface area contributed by atoms with E-state index in [4.69, 9.17) is 16.5 Å². The van der Waals surface area contributed by atoms with E-state index in [9.17, 15) is 0 Å². The second kappa shape index (κ2) is 4.87. The molecule has 0 aliphatic carbocycles. The Morgan fingerprint density at radius 3 is 1.50 bits per heavy atom. The summed E-state index contributed by atoms with van der Waals surface area (Å²) in [6, 6.07) is 20.4. The molecule has 0 aliphatic rings. The lowest BCUT2D eigenvalue weighted by Crippen LogP contribution is -2.55. The molecule has 2 aromatic carbocycles. The monoisotopic (exact) mass is 246 g/mol. The van der Waals surface area contributed by atoms with E-state index in [2.05, 4.69) is 24.3 Å². The number of hydrogen-bond acceptors (Lipinski definition) is 2. The number of thiol groups is 1. The van der Waals surface area contributed by atoms with Crippen LogP contribution in [0.5, 0.6) is 0 Å². The van der Waals surface area contributed by atoms with Crippen molar-refractivity contribution in [3.8, 4) is 0 Å². The van der Waals surface area contributed by atoms with Crippen LogP contribution in [0, 0.1) is 0 Å². The highest BCUT2D eigenvalue weighted by molar-refractivity contribution is 8.17. The van der Waals surface area contributed by atoms with Crippen LogP contribution in [0.15, 0.2) is 60.7 Å². The molecule has 0 saturated carbocycles. The predicted molar refractivity (Wildman–Crippen MR) is 73.9 cm³/mol. The standard InChI is InChI=1S/C13H14OSSi/c1-14-16(15,12-8-4-2-5-9-12)13-10-6-3-7-11-13/h2-11,15H,1H3.